The second-order valence-electron chi connectivity index (χ2n) is 7.19. The van der Waals surface area contributed by atoms with Crippen LogP contribution in [0.25, 0.3) is 0 Å². The maximum atomic E-state index is 9.42. The van der Waals surface area contributed by atoms with Gasteiger partial charge in [0.25, 0.3) is 0 Å². The Kier molecular flexibility index (Phi) is 7.61. The van der Waals surface area contributed by atoms with Gasteiger partial charge in [-0.3, -0.25) is 0 Å². The van der Waals surface area contributed by atoms with Crippen molar-refractivity contribution in [3.05, 3.63) is 53.6 Å². The molecule has 0 radical (unpaired) electrons. The minimum Gasteiger partial charge on any atom is -0.508 e. The molecule has 3 rings (SSSR count). The van der Waals surface area contributed by atoms with Crippen LogP contribution in [0.4, 0.5) is 0 Å². The van der Waals surface area contributed by atoms with Crippen molar-refractivity contribution in [2.24, 2.45) is 4.99 Å². The van der Waals surface area contributed by atoms with Gasteiger partial charge in [0.1, 0.15) is 5.75 Å². The van der Waals surface area contributed by atoms with Gasteiger partial charge in [-0.1, -0.05) is 24.3 Å². The quantitative estimate of drug-likeness (QED) is 0.464. The zero-order valence-electron chi connectivity index (χ0n) is 17.3. The number of hydrogen-bond acceptors (Lipinski definition) is 4. The fourth-order valence-electron chi connectivity index (χ4n) is 3.46. The lowest BCUT2D eigenvalue weighted by Gasteiger charge is -2.20. The summed E-state index contributed by atoms with van der Waals surface area (Å²) in [6.07, 6.45) is 4.91. The predicted molar refractivity (Wildman–Crippen MR) is 116 cm³/mol. The zero-order chi connectivity index (χ0) is 20.5. The molecule has 0 bridgehead atoms. The lowest BCUT2D eigenvalue weighted by molar-refractivity contribution is 0.198. The molecule has 1 fully saturated rings. The Morgan fingerprint density at radius 3 is 2.55 bits per heavy atom. The van der Waals surface area contributed by atoms with Gasteiger partial charge in [0.15, 0.2) is 17.5 Å². The highest BCUT2D eigenvalue weighted by molar-refractivity contribution is 5.79. The smallest absolute Gasteiger partial charge is 0.191 e. The Morgan fingerprint density at radius 2 is 1.86 bits per heavy atom. The van der Waals surface area contributed by atoms with Crippen molar-refractivity contribution in [3.8, 4) is 17.2 Å². The second kappa shape index (κ2) is 10.6. The van der Waals surface area contributed by atoms with E-state index in [1.165, 1.54) is 12.8 Å². The summed E-state index contributed by atoms with van der Waals surface area (Å²) in [4.78, 5) is 4.64. The second-order valence-corrected chi connectivity index (χ2v) is 7.19. The van der Waals surface area contributed by atoms with E-state index < -0.39 is 0 Å². The van der Waals surface area contributed by atoms with Gasteiger partial charge in [-0.2, -0.15) is 0 Å². The minimum absolute atomic E-state index is 0.260. The van der Waals surface area contributed by atoms with Crippen molar-refractivity contribution < 1.29 is 14.6 Å². The first-order valence-electron chi connectivity index (χ1n) is 10.3. The van der Waals surface area contributed by atoms with Crippen LogP contribution in [-0.2, 0) is 13.1 Å². The Balaban J connectivity index is 1.69. The highest BCUT2D eigenvalue weighted by Gasteiger charge is 2.20. The predicted octanol–water partition coefficient (Wildman–Crippen LogP) is 3.98. The van der Waals surface area contributed by atoms with Crippen LogP contribution in [0.1, 0.15) is 43.7 Å². The summed E-state index contributed by atoms with van der Waals surface area (Å²) >= 11 is 0. The lowest BCUT2D eigenvalue weighted by atomic mass is 10.1. The fraction of sp³-hybridized carbons (Fsp3) is 0.435. The average Bonchev–Trinajstić information content (AvgIpc) is 3.25. The van der Waals surface area contributed by atoms with Gasteiger partial charge in [0.05, 0.1) is 19.8 Å². The third kappa shape index (κ3) is 6.04. The summed E-state index contributed by atoms with van der Waals surface area (Å²) in [5.74, 6) is 2.58. The van der Waals surface area contributed by atoms with Crippen LogP contribution < -0.4 is 20.1 Å². The van der Waals surface area contributed by atoms with Crippen molar-refractivity contribution in [2.75, 3.05) is 13.7 Å². The third-order valence-corrected chi connectivity index (χ3v) is 5.01. The highest BCUT2D eigenvalue weighted by atomic mass is 16.5. The molecular formula is C23H31N3O3. The molecule has 0 aromatic heterocycles. The van der Waals surface area contributed by atoms with Crippen molar-refractivity contribution in [1.29, 1.82) is 0 Å². The number of nitrogens with zero attached hydrogens (tertiary/aromatic N) is 1. The van der Waals surface area contributed by atoms with Gasteiger partial charge >= 0.3 is 0 Å². The van der Waals surface area contributed by atoms with E-state index in [2.05, 4.69) is 21.7 Å². The van der Waals surface area contributed by atoms with Gasteiger partial charge in [0, 0.05) is 18.7 Å². The number of hydrogen-bond donors (Lipinski definition) is 3. The van der Waals surface area contributed by atoms with Gasteiger partial charge < -0.3 is 25.2 Å². The molecule has 0 atom stereocenters. The van der Waals surface area contributed by atoms with Crippen molar-refractivity contribution in [3.63, 3.8) is 0 Å². The van der Waals surface area contributed by atoms with E-state index in [1.54, 1.807) is 19.2 Å². The number of ether oxygens (including phenoxy) is 2. The highest BCUT2D eigenvalue weighted by Crippen LogP contribution is 2.34. The largest absolute Gasteiger partial charge is 0.508 e. The maximum absolute atomic E-state index is 9.42. The molecule has 0 aliphatic heterocycles. The molecule has 6 heteroatoms. The van der Waals surface area contributed by atoms with E-state index in [0.29, 0.717) is 13.1 Å². The van der Waals surface area contributed by atoms with Crippen molar-refractivity contribution >= 4 is 5.96 Å². The molecule has 0 saturated heterocycles. The Bertz CT molecular complexity index is 800. The van der Waals surface area contributed by atoms with Crippen LogP contribution in [0.2, 0.25) is 0 Å². The topological polar surface area (TPSA) is 75.1 Å². The number of aromatic hydroxyl groups is 1. The summed E-state index contributed by atoms with van der Waals surface area (Å²) in [6, 6.07) is 13.1. The Labute approximate surface area is 173 Å². The third-order valence-electron chi connectivity index (χ3n) is 5.01. The standard InChI is InChI=1S/C23H31N3O3/c1-3-24-23(25-15-17-11-13-19(27)14-12-17)26-16-18-7-6-10-21(28-2)22(18)29-20-8-4-5-9-20/h6-7,10-14,20,27H,3-5,8-9,15-16H2,1-2H3,(H2,24,25,26). The lowest BCUT2D eigenvalue weighted by Crippen LogP contribution is -2.37. The van der Waals surface area contributed by atoms with E-state index in [-0.39, 0.29) is 11.9 Å². The molecular weight excluding hydrogens is 366 g/mol. The van der Waals surface area contributed by atoms with Gasteiger partial charge in [-0.15, -0.1) is 0 Å². The summed E-state index contributed by atoms with van der Waals surface area (Å²) in [5.41, 5.74) is 2.08. The molecule has 0 spiro atoms. The number of para-hydroxylation sites is 1. The average molecular weight is 398 g/mol. The molecule has 2 aromatic carbocycles. The molecule has 1 aliphatic rings. The van der Waals surface area contributed by atoms with E-state index in [0.717, 1.165) is 48.0 Å². The summed E-state index contributed by atoms with van der Waals surface area (Å²) in [6.45, 7) is 3.92. The number of benzene rings is 2. The fourth-order valence-corrected chi connectivity index (χ4v) is 3.46. The molecule has 1 saturated carbocycles. The SMILES string of the molecule is CCNC(=NCc1ccc(O)cc1)NCc1cccc(OC)c1OC1CCCC1. The molecule has 0 amide bonds. The van der Waals surface area contributed by atoms with E-state index in [1.807, 2.05) is 31.2 Å². The number of nitrogens with one attached hydrogen (secondary N) is 2. The van der Waals surface area contributed by atoms with Crippen LogP contribution in [0.3, 0.4) is 0 Å². The Hall–Kier alpha value is -2.89. The van der Waals surface area contributed by atoms with E-state index >= 15 is 0 Å². The van der Waals surface area contributed by atoms with Gasteiger partial charge in [-0.25, -0.2) is 4.99 Å². The van der Waals surface area contributed by atoms with Crippen LogP contribution in [0.15, 0.2) is 47.5 Å². The van der Waals surface area contributed by atoms with Crippen molar-refractivity contribution in [2.45, 2.75) is 51.8 Å². The molecule has 156 valence electrons. The molecule has 3 N–H and O–H groups in total. The molecule has 29 heavy (non-hydrogen) atoms. The van der Waals surface area contributed by atoms with E-state index in [9.17, 15) is 5.11 Å². The number of phenols is 1. The number of guanidine groups is 1. The maximum Gasteiger partial charge on any atom is 0.191 e. The van der Waals surface area contributed by atoms with Crippen molar-refractivity contribution in [1.82, 2.24) is 10.6 Å². The summed E-state index contributed by atoms with van der Waals surface area (Å²) in [5, 5.41) is 16.1. The first kappa shape index (κ1) is 20.8. The number of rotatable bonds is 8. The van der Waals surface area contributed by atoms with Crippen LogP contribution in [0.5, 0.6) is 17.2 Å². The number of methoxy groups -OCH3 is 1. The molecule has 0 heterocycles. The molecule has 2 aromatic rings. The zero-order valence-corrected chi connectivity index (χ0v) is 17.3. The van der Waals surface area contributed by atoms with Gasteiger partial charge in [0.2, 0.25) is 0 Å². The summed E-state index contributed by atoms with van der Waals surface area (Å²) in [7, 11) is 1.68. The summed E-state index contributed by atoms with van der Waals surface area (Å²) < 4.78 is 11.9. The number of aliphatic imine (C=N–C) groups is 1. The first-order valence-corrected chi connectivity index (χ1v) is 10.3. The monoisotopic (exact) mass is 397 g/mol. The first-order chi connectivity index (χ1) is 14.2. The Morgan fingerprint density at radius 1 is 1.10 bits per heavy atom. The van der Waals surface area contributed by atoms with Crippen LogP contribution >= 0.6 is 0 Å². The van der Waals surface area contributed by atoms with Gasteiger partial charge in [-0.05, 0) is 56.4 Å². The normalized spacial score (nSPS) is 14.6. The molecule has 1 aliphatic carbocycles. The molecule has 6 nitrogen and oxygen atoms in total. The molecule has 0 unspecified atom stereocenters. The van der Waals surface area contributed by atoms with Crippen LogP contribution in [-0.4, -0.2) is 30.8 Å². The minimum atomic E-state index is 0.260. The van der Waals surface area contributed by atoms with E-state index in [4.69, 9.17) is 9.47 Å². The van der Waals surface area contributed by atoms with Crippen LogP contribution in [0, 0.1) is 0 Å². The number of phenolic OH excluding ortho intramolecular Hbond substituents is 1.